The van der Waals surface area contributed by atoms with Crippen molar-refractivity contribution in [3.8, 4) is 34.5 Å². The van der Waals surface area contributed by atoms with E-state index in [-0.39, 0.29) is 13.5 Å². The van der Waals surface area contributed by atoms with Gasteiger partial charge in [-0.15, -0.1) is 0 Å². The Bertz CT molecular complexity index is 2720. The van der Waals surface area contributed by atoms with E-state index in [1.807, 2.05) is 24.3 Å². The first-order valence-corrected chi connectivity index (χ1v) is 31.8. The van der Waals surface area contributed by atoms with E-state index in [4.69, 9.17) is 51.6 Å². The van der Waals surface area contributed by atoms with Gasteiger partial charge in [-0.25, -0.2) is 0 Å². The van der Waals surface area contributed by atoms with Gasteiger partial charge in [-0.05, 0) is 255 Å². The fourth-order valence-corrected chi connectivity index (χ4v) is 13.0. The van der Waals surface area contributed by atoms with E-state index >= 15 is 0 Å². The number of benzene rings is 6. The van der Waals surface area contributed by atoms with Gasteiger partial charge in [-0.1, -0.05) is 91.3 Å². The fraction of sp³-hybridized carbons (Fsp3) is 0.500. The number of nitrogens with one attached hydrogen (secondary N) is 2. The van der Waals surface area contributed by atoms with Crippen LogP contribution in [0.4, 0.5) is 0 Å². The van der Waals surface area contributed by atoms with Gasteiger partial charge in [0.1, 0.15) is 58.9 Å². The first-order valence-electron chi connectivity index (χ1n) is 31.0. The van der Waals surface area contributed by atoms with E-state index < -0.39 is 0 Å². The minimum Gasteiger partial charge on any atom is -0.490 e. The summed E-state index contributed by atoms with van der Waals surface area (Å²) in [5, 5.41) is 7.99. The van der Waals surface area contributed by atoms with E-state index in [0.29, 0.717) is 40.6 Å². The Morgan fingerprint density at radius 3 is 0.940 bits per heavy atom. The average molecular weight is 1180 g/mol. The van der Waals surface area contributed by atoms with Gasteiger partial charge in [0.15, 0.2) is 0 Å². The number of hydrogen-bond acceptors (Lipinski definition) is 10. The minimum atomic E-state index is 0. The van der Waals surface area contributed by atoms with Gasteiger partial charge in [0.05, 0.1) is 22.3 Å². The molecule has 6 aromatic carbocycles. The summed E-state index contributed by atoms with van der Waals surface area (Å²) in [6.45, 7) is 16.8. The van der Waals surface area contributed by atoms with Crippen molar-refractivity contribution in [2.45, 2.75) is 168 Å². The van der Waals surface area contributed by atoms with Gasteiger partial charge in [-0.2, -0.15) is 0 Å². The second-order valence-corrected chi connectivity index (χ2v) is 25.4. The summed E-state index contributed by atoms with van der Waals surface area (Å²) in [4.78, 5) is 4.66. The molecule has 2 aliphatic carbocycles. The predicted octanol–water partition coefficient (Wildman–Crippen LogP) is 15.3. The predicted molar refractivity (Wildman–Crippen MR) is 345 cm³/mol. The Morgan fingerprint density at radius 2 is 0.655 bits per heavy atom. The third-order valence-electron chi connectivity index (χ3n) is 17.3. The maximum atomic E-state index is 6.45. The highest BCUT2D eigenvalue weighted by molar-refractivity contribution is 6.32. The number of likely N-dealkylation sites (tertiary alicyclic amines) is 2. The van der Waals surface area contributed by atoms with E-state index in [1.54, 1.807) is 0 Å². The Labute approximate surface area is 513 Å². The molecule has 0 aromatic heterocycles. The van der Waals surface area contributed by atoms with Crippen LogP contribution in [0.15, 0.2) is 109 Å². The number of aryl methyl sites for hydroxylation is 4. The number of nitrogens with zero attached hydrogens (tertiary/aromatic N) is 2. The van der Waals surface area contributed by atoms with Crippen LogP contribution in [0.3, 0.4) is 0 Å². The van der Waals surface area contributed by atoms with Gasteiger partial charge in [-0.3, -0.25) is 0 Å². The molecule has 452 valence electrons. The molecule has 4 heterocycles. The zero-order valence-corrected chi connectivity index (χ0v) is 51.7. The molecule has 6 aromatic rings. The van der Waals surface area contributed by atoms with Crippen molar-refractivity contribution in [3.05, 3.63) is 175 Å². The van der Waals surface area contributed by atoms with Crippen LogP contribution in [0.1, 0.15) is 140 Å². The smallest absolute Gasteiger partial charge is 0.138 e. The second kappa shape index (κ2) is 30.8. The van der Waals surface area contributed by atoms with Crippen molar-refractivity contribution < 1.29 is 28.4 Å². The van der Waals surface area contributed by atoms with Crippen molar-refractivity contribution in [3.63, 3.8) is 0 Å². The lowest BCUT2D eigenvalue weighted by Crippen LogP contribution is -2.21. The summed E-state index contributed by atoms with van der Waals surface area (Å²) in [6, 6.07) is 38.5. The highest BCUT2D eigenvalue weighted by Gasteiger charge is 2.25. The van der Waals surface area contributed by atoms with Crippen LogP contribution in [0, 0.1) is 27.7 Å². The summed E-state index contributed by atoms with van der Waals surface area (Å²) in [6.07, 6.45) is 18.6. The van der Waals surface area contributed by atoms with Crippen LogP contribution in [-0.2, 0) is 19.3 Å². The molecule has 4 aliphatic heterocycles. The van der Waals surface area contributed by atoms with Crippen molar-refractivity contribution in [1.29, 1.82) is 0 Å². The molecule has 6 aliphatic rings. The van der Waals surface area contributed by atoms with Crippen LogP contribution < -0.4 is 39.1 Å². The molecule has 4 saturated heterocycles. The molecule has 12 rings (SSSR count). The monoisotopic (exact) mass is 1180 g/mol. The van der Waals surface area contributed by atoms with Gasteiger partial charge >= 0.3 is 0 Å². The lowest BCUT2D eigenvalue weighted by molar-refractivity contribution is 0.206. The van der Waals surface area contributed by atoms with Gasteiger partial charge in [0.25, 0.3) is 0 Å². The summed E-state index contributed by atoms with van der Waals surface area (Å²) >= 11 is 12.9. The maximum Gasteiger partial charge on any atom is 0.138 e. The molecule has 4 atom stereocenters. The van der Waals surface area contributed by atoms with Gasteiger partial charge in [0, 0.05) is 39.3 Å². The lowest BCUT2D eigenvalue weighted by Gasteiger charge is -2.17. The first-order chi connectivity index (χ1) is 40.3. The normalized spacial score (nSPS) is 20.9. The fourth-order valence-electron chi connectivity index (χ4n) is 12.6. The van der Waals surface area contributed by atoms with Crippen molar-refractivity contribution in [1.82, 2.24) is 20.4 Å². The third-order valence-corrected chi connectivity index (χ3v) is 17.9. The quantitative estimate of drug-likeness (QED) is 0.0868. The molecule has 84 heavy (non-hydrogen) atoms. The van der Waals surface area contributed by atoms with Crippen molar-refractivity contribution in [2.75, 3.05) is 66.5 Å². The van der Waals surface area contributed by atoms with Crippen LogP contribution in [0.25, 0.3) is 0 Å². The van der Waals surface area contributed by atoms with Crippen LogP contribution in [0.5, 0.6) is 34.5 Å². The summed E-state index contributed by atoms with van der Waals surface area (Å²) in [5.41, 5.74) is 12.5. The maximum absolute atomic E-state index is 6.45. The van der Waals surface area contributed by atoms with E-state index in [2.05, 4.69) is 147 Å². The molecule has 0 amide bonds. The molecule has 2 N–H and O–H groups in total. The molecular formula is C72H94Cl2N4O6. The lowest BCUT2D eigenvalue weighted by atomic mass is 10.0. The molecule has 6 fully saturated rings. The largest absolute Gasteiger partial charge is 0.490 e. The average Bonchev–Trinajstić information content (AvgIpc) is 4.47. The SMILES string of the molecule is C.Cc1cc(Cc2ccc(OC3CCN(C)C3)c(C)c2)ccc1OC1CCN(C)C1.Cc1cc(Cc2ccc(OC3CCNC3)c(C)c2)ccc1OC1CCCC1.Clc1cc(Cc2ccc(OC3CCNC3)c(Cl)c2)ccc1OC1CCCC1. The minimum absolute atomic E-state index is 0. The number of hydrogen-bond donors (Lipinski definition) is 2. The Hall–Kier alpha value is -5.46. The Kier molecular flexibility index (Phi) is 23.1. The Morgan fingerprint density at radius 1 is 0.369 bits per heavy atom. The zero-order valence-electron chi connectivity index (χ0n) is 50.2. The highest BCUT2D eigenvalue weighted by atomic mass is 35.5. The Balaban J connectivity index is 0.000000150. The first kappa shape index (κ1) is 63.1. The topological polar surface area (TPSA) is 85.9 Å². The standard InChI is InChI=1S/C25H34N2O2.C24H31NO2.C22H25Cl2NO2.CH4/c1-18-13-20(5-7-24(18)28-22-9-11-26(3)16-22)15-21-6-8-25(19(2)14-21)29-23-10-12-27(4)17-23;1-17-13-19(7-9-23(17)26-21-5-3-4-6-21)15-20-8-10-24(18(2)14-20)27-22-11-12-25-16-22;23-19-12-15(5-7-21(19)26-17-3-1-2-4-17)11-16-6-8-22(20(24)13-16)27-18-9-10-25-14-18;/h5-8,13-14,22-23H,9-12,15-17H2,1-4H3;7-10,13-14,21-22,25H,3-6,11-12,15-16H2,1-2H3;5-8,12-13,17-18,25H,1-4,9-11,14H2;1H4. The highest BCUT2D eigenvalue weighted by Crippen LogP contribution is 2.34. The molecule has 0 radical (unpaired) electrons. The third kappa shape index (κ3) is 18.3. The van der Waals surface area contributed by atoms with Crippen LogP contribution >= 0.6 is 23.2 Å². The summed E-state index contributed by atoms with van der Waals surface area (Å²) in [5.74, 6) is 5.66. The number of likely N-dealkylation sites (N-methyl/N-ethyl adjacent to an activating group) is 2. The molecule has 2 saturated carbocycles. The molecular weight excluding hydrogens is 1090 g/mol. The van der Waals surface area contributed by atoms with E-state index in [9.17, 15) is 0 Å². The molecule has 12 heteroatoms. The number of ether oxygens (including phenoxy) is 6. The van der Waals surface area contributed by atoms with E-state index in [0.717, 1.165) is 156 Å². The molecule has 10 nitrogen and oxygen atoms in total. The zero-order chi connectivity index (χ0) is 57.7. The summed E-state index contributed by atoms with van der Waals surface area (Å²) < 4.78 is 36.8. The van der Waals surface area contributed by atoms with Gasteiger partial charge < -0.3 is 48.9 Å². The number of rotatable bonds is 18. The molecule has 4 unspecified atom stereocenters. The van der Waals surface area contributed by atoms with Crippen molar-refractivity contribution >= 4 is 23.2 Å². The van der Waals surface area contributed by atoms with Crippen molar-refractivity contribution in [2.24, 2.45) is 0 Å². The number of halogens is 2. The molecule has 0 bridgehead atoms. The van der Waals surface area contributed by atoms with Gasteiger partial charge in [0.2, 0.25) is 0 Å². The van der Waals surface area contributed by atoms with Crippen LogP contribution in [0.2, 0.25) is 10.0 Å². The molecule has 0 spiro atoms. The van der Waals surface area contributed by atoms with Crippen LogP contribution in [-0.4, -0.2) is 113 Å². The summed E-state index contributed by atoms with van der Waals surface area (Å²) in [7, 11) is 4.31. The second-order valence-electron chi connectivity index (χ2n) is 24.6. The van der Waals surface area contributed by atoms with E-state index in [1.165, 1.54) is 83.0 Å².